The molecule has 1 saturated heterocycles. The van der Waals surface area contributed by atoms with Crippen LogP contribution in [0.25, 0.3) is 5.57 Å². The van der Waals surface area contributed by atoms with E-state index in [-0.39, 0.29) is 11.6 Å². The number of hydrogen-bond donors (Lipinski definition) is 3. The predicted octanol–water partition coefficient (Wildman–Crippen LogP) is 3.64. The maximum absolute atomic E-state index is 13.0. The summed E-state index contributed by atoms with van der Waals surface area (Å²) in [4.78, 5) is 14.7. The number of carbonyl (C=O) groups excluding carboxylic acids is 1. The number of likely N-dealkylation sites (tertiary alicyclic amines) is 1. The van der Waals surface area contributed by atoms with Crippen LogP contribution in [0.4, 0.5) is 4.79 Å². The van der Waals surface area contributed by atoms with E-state index in [0.29, 0.717) is 0 Å². The maximum atomic E-state index is 13.0. The SMILES string of the molecule is C=C(C)c1cccc(C(C)(C)NC(=O)NC2(C[NH+]3CCCC3)CCCCC2)c1. The van der Waals surface area contributed by atoms with Crippen LogP contribution in [0.5, 0.6) is 0 Å². The Morgan fingerprint density at radius 2 is 1.82 bits per heavy atom. The molecule has 4 nitrogen and oxygen atoms in total. The summed E-state index contributed by atoms with van der Waals surface area (Å²) in [5.74, 6) is 0. The van der Waals surface area contributed by atoms with Crippen LogP contribution in [0.15, 0.2) is 30.8 Å². The van der Waals surface area contributed by atoms with Crippen LogP contribution >= 0.6 is 0 Å². The van der Waals surface area contributed by atoms with E-state index in [4.69, 9.17) is 0 Å². The van der Waals surface area contributed by atoms with Gasteiger partial charge in [-0.3, -0.25) is 0 Å². The van der Waals surface area contributed by atoms with Crippen molar-refractivity contribution in [1.29, 1.82) is 0 Å². The molecule has 28 heavy (non-hydrogen) atoms. The molecule has 3 N–H and O–H groups in total. The number of nitrogens with one attached hydrogen (secondary N) is 3. The lowest BCUT2D eigenvalue weighted by Crippen LogP contribution is -3.12. The summed E-state index contributed by atoms with van der Waals surface area (Å²) >= 11 is 0. The molecule has 1 aromatic rings. The average Bonchev–Trinajstić information content (AvgIpc) is 3.14. The van der Waals surface area contributed by atoms with Gasteiger partial charge < -0.3 is 15.5 Å². The third kappa shape index (κ3) is 5.16. The standard InChI is InChI=1S/C24H37N3O/c1-19(2)20-11-10-12-21(17-20)23(3,4)25-22(28)26-24(13-6-5-7-14-24)18-27-15-8-9-16-27/h10-12,17H,1,5-9,13-16,18H2,2-4H3,(H2,25,26,28)/p+1. The molecule has 0 spiro atoms. The molecule has 0 bridgehead atoms. The lowest BCUT2D eigenvalue weighted by molar-refractivity contribution is -0.891. The van der Waals surface area contributed by atoms with Gasteiger partial charge in [0.05, 0.1) is 24.2 Å². The molecule has 2 aliphatic rings. The molecular formula is C24H38N3O+. The number of benzene rings is 1. The van der Waals surface area contributed by atoms with Crippen molar-refractivity contribution in [2.45, 2.75) is 76.8 Å². The van der Waals surface area contributed by atoms with Crippen molar-refractivity contribution in [3.05, 3.63) is 42.0 Å². The van der Waals surface area contributed by atoms with Gasteiger partial charge in [-0.15, -0.1) is 0 Å². The van der Waals surface area contributed by atoms with E-state index < -0.39 is 5.54 Å². The number of rotatable bonds is 6. The minimum atomic E-state index is -0.439. The van der Waals surface area contributed by atoms with Gasteiger partial charge in [0.25, 0.3) is 0 Å². The molecule has 3 rings (SSSR count). The summed E-state index contributed by atoms with van der Waals surface area (Å²) < 4.78 is 0. The topological polar surface area (TPSA) is 45.6 Å². The van der Waals surface area contributed by atoms with E-state index in [1.54, 1.807) is 4.90 Å². The predicted molar refractivity (Wildman–Crippen MR) is 116 cm³/mol. The largest absolute Gasteiger partial charge is 0.333 e. The number of allylic oxidation sites excluding steroid dienone is 1. The van der Waals surface area contributed by atoms with Crippen LogP contribution in [0.2, 0.25) is 0 Å². The molecule has 0 unspecified atom stereocenters. The molecule has 1 aliphatic carbocycles. The lowest BCUT2D eigenvalue weighted by atomic mass is 9.81. The fourth-order valence-electron chi connectivity index (χ4n) is 4.91. The second-order valence-corrected chi connectivity index (χ2v) is 9.54. The van der Waals surface area contributed by atoms with Crippen molar-refractivity contribution in [3.63, 3.8) is 0 Å². The van der Waals surface area contributed by atoms with E-state index in [0.717, 1.165) is 36.1 Å². The Morgan fingerprint density at radius 3 is 2.46 bits per heavy atom. The molecule has 1 aliphatic heterocycles. The quantitative estimate of drug-likeness (QED) is 0.689. The fraction of sp³-hybridized carbons (Fsp3) is 0.625. The molecule has 1 saturated carbocycles. The number of hydrogen-bond acceptors (Lipinski definition) is 1. The summed E-state index contributed by atoms with van der Waals surface area (Å²) in [6.45, 7) is 13.8. The van der Waals surface area contributed by atoms with Crippen molar-refractivity contribution in [3.8, 4) is 0 Å². The first-order chi connectivity index (χ1) is 13.3. The Morgan fingerprint density at radius 1 is 1.14 bits per heavy atom. The van der Waals surface area contributed by atoms with E-state index >= 15 is 0 Å². The summed E-state index contributed by atoms with van der Waals surface area (Å²) in [6, 6.07) is 8.29. The van der Waals surface area contributed by atoms with Gasteiger partial charge in [0.1, 0.15) is 6.54 Å². The Labute approximate surface area is 170 Å². The van der Waals surface area contributed by atoms with Gasteiger partial charge in [0.15, 0.2) is 0 Å². The number of amides is 2. The van der Waals surface area contributed by atoms with Gasteiger partial charge in [-0.25, -0.2) is 4.79 Å². The van der Waals surface area contributed by atoms with Crippen LogP contribution in [-0.2, 0) is 5.54 Å². The highest BCUT2D eigenvalue weighted by Crippen LogP contribution is 2.28. The first-order valence-electron chi connectivity index (χ1n) is 11.0. The van der Waals surface area contributed by atoms with Crippen LogP contribution in [-0.4, -0.2) is 31.2 Å². The highest BCUT2D eigenvalue weighted by molar-refractivity contribution is 5.76. The molecule has 0 aromatic heterocycles. The molecule has 2 fully saturated rings. The zero-order valence-electron chi connectivity index (χ0n) is 18.0. The van der Waals surface area contributed by atoms with Gasteiger partial charge in [-0.1, -0.05) is 49.6 Å². The third-order valence-corrected chi connectivity index (χ3v) is 6.59. The van der Waals surface area contributed by atoms with Crippen LogP contribution in [0.3, 0.4) is 0 Å². The minimum absolute atomic E-state index is 0.0359. The van der Waals surface area contributed by atoms with Crippen LogP contribution in [0.1, 0.15) is 76.8 Å². The van der Waals surface area contributed by atoms with E-state index in [1.807, 2.05) is 13.0 Å². The zero-order chi connectivity index (χ0) is 20.2. The Bertz CT molecular complexity index is 698. The normalized spacial score (nSPS) is 20.0. The first-order valence-corrected chi connectivity index (χ1v) is 11.0. The Hall–Kier alpha value is -1.81. The van der Waals surface area contributed by atoms with Gasteiger partial charge in [0, 0.05) is 12.8 Å². The highest BCUT2D eigenvalue weighted by Gasteiger charge is 2.39. The highest BCUT2D eigenvalue weighted by atomic mass is 16.2. The van der Waals surface area contributed by atoms with Crippen molar-refractivity contribution >= 4 is 11.6 Å². The first kappa shape index (κ1) is 20.9. The van der Waals surface area contributed by atoms with Crippen molar-refractivity contribution < 1.29 is 9.69 Å². The second-order valence-electron chi connectivity index (χ2n) is 9.54. The van der Waals surface area contributed by atoms with E-state index in [9.17, 15) is 4.79 Å². The molecule has 0 radical (unpaired) electrons. The number of quaternary nitrogens is 1. The summed E-state index contributed by atoms with van der Waals surface area (Å²) in [5.41, 5.74) is 2.78. The van der Waals surface area contributed by atoms with Gasteiger partial charge in [-0.05, 0) is 50.8 Å². The molecule has 154 valence electrons. The van der Waals surface area contributed by atoms with Crippen LogP contribution < -0.4 is 15.5 Å². The fourth-order valence-corrected chi connectivity index (χ4v) is 4.91. The number of carbonyl (C=O) groups is 1. The summed E-state index contributed by atoms with van der Waals surface area (Å²) in [6.07, 6.45) is 8.59. The lowest BCUT2D eigenvalue weighted by Gasteiger charge is -2.40. The van der Waals surface area contributed by atoms with Gasteiger partial charge >= 0.3 is 6.03 Å². The van der Waals surface area contributed by atoms with Crippen molar-refractivity contribution in [2.75, 3.05) is 19.6 Å². The average molecular weight is 385 g/mol. The number of urea groups is 1. The van der Waals surface area contributed by atoms with Gasteiger partial charge in [-0.2, -0.15) is 0 Å². The molecule has 0 atom stereocenters. The Balaban J connectivity index is 1.69. The van der Waals surface area contributed by atoms with E-state index in [2.05, 4.69) is 49.3 Å². The second kappa shape index (κ2) is 8.69. The molecule has 1 heterocycles. The summed E-state index contributed by atoms with van der Waals surface area (Å²) in [7, 11) is 0. The van der Waals surface area contributed by atoms with Gasteiger partial charge in [0.2, 0.25) is 0 Å². The minimum Gasteiger partial charge on any atom is -0.333 e. The smallest absolute Gasteiger partial charge is 0.316 e. The van der Waals surface area contributed by atoms with E-state index in [1.165, 1.54) is 45.2 Å². The summed E-state index contributed by atoms with van der Waals surface area (Å²) in [5, 5.41) is 6.68. The molecule has 1 aromatic carbocycles. The zero-order valence-corrected chi connectivity index (χ0v) is 18.0. The molecule has 2 amide bonds. The Kier molecular flexibility index (Phi) is 6.49. The maximum Gasteiger partial charge on any atom is 0.316 e. The van der Waals surface area contributed by atoms with Crippen LogP contribution in [0, 0.1) is 0 Å². The monoisotopic (exact) mass is 384 g/mol. The van der Waals surface area contributed by atoms with Crippen molar-refractivity contribution in [2.24, 2.45) is 0 Å². The molecular weight excluding hydrogens is 346 g/mol. The molecule has 4 heteroatoms. The third-order valence-electron chi connectivity index (χ3n) is 6.59. The van der Waals surface area contributed by atoms with Crippen molar-refractivity contribution in [1.82, 2.24) is 10.6 Å².